The maximum absolute atomic E-state index is 11.2. The van der Waals surface area contributed by atoms with Gasteiger partial charge in [-0.2, -0.15) is 0 Å². The minimum Gasteiger partial charge on any atom is -0.459 e. The molecule has 0 aliphatic carbocycles. The molecule has 0 bridgehead atoms. The number of furan rings is 1. The van der Waals surface area contributed by atoms with Crippen LogP contribution in [0.5, 0.6) is 0 Å². The third-order valence-corrected chi connectivity index (χ3v) is 1.64. The van der Waals surface area contributed by atoms with Crippen LogP contribution in [-0.4, -0.2) is 25.2 Å². The second kappa shape index (κ2) is 2.98. The van der Waals surface area contributed by atoms with E-state index in [9.17, 15) is 4.79 Å². The van der Waals surface area contributed by atoms with Gasteiger partial charge in [-0.3, -0.25) is 4.79 Å². The second-order valence-corrected chi connectivity index (χ2v) is 2.64. The predicted molar refractivity (Wildman–Crippen MR) is 40.8 cm³/mol. The lowest BCUT2D eigenvalue weighted by Crippen LogP contribution is -2.26. The van der Waals surface area contributed by atoms with Crippen molar-refractivity contribution >= 4 is 5.91 Å². The standard InChI is InChI=1S/C8H9NO3/c10-8(7-2-1-3-11-7)9-4-6-5-12-6/h1-3,6H,4-5H2,(H,9,10). The van der Waals surface area contributed by atoms with Crippen molar-refractivity contribution in [2.75, 3.05) is 13.2 Å². The number of hydrogen-bond acceptors (Lipinski definition) is 3. The van der Waals surface area contributed by atoms with Crippen LogP contribution in [0.4, 0.5) is 0 Å². The number of carbonyl (C=O) groups excluding carboxylic acids is 1. The molecule has 1 atom stereocenters. The first-order chi connectivity index (χ1) is 5.86. The lowest BCUT2D eigenvalue weighted by molar-refractivity contribution is 0.0922. The minimum atomic E-state index is -0.185. The highest BCUT2D eigenvalue weighted by atomic mass is 16.6. The Morgan fingerprint density at radius 1 is 1.75 bits per heavy atom. The Morgan fingerprint density at radius 2 is 2.58 bits per heavy atom. The van der Waals surface area contributed by atoms with Gasteiger partial charge in [0.2, 0.25) is 0 Å². The first-order valence-corrected chi connectivity index (χ1v) is 3.79. The quantitative estimate of drug-likeness (QED) is 0.663. The molecular weight excluding hydrogens is 158 g/mol. The highest BCUT2D eigenvalue weighted by Gasteiger charge is 2.23. The summed E-state index contributed by atoms with van der Waals surface area (Å²) < 4.78 is 9.83. The maximum Gasteiger partial charge on any atom is 0.287 e. The molecule has 4 nitrogen and oxygen atoms in total. The summed E-state index contributed by atoms with van der Waals surface area (Å²) in [6, 6.07) is 3.31. The zero-order valence-corrected chi connectivity index (χ0v) is 6.45. The summed E-state index contributed by atoms with van der Waals surface area (Å²) in [4.78, 5) is 11.2. The maximum atomic E-state index is 11.2. The van der Waals surface area contributed by atoms with Gasteiger partial charge in [-0.25, -0.2) is 0 Å². The van der Waals surface area contributed by atoms with E-state index in [1.54, 1.807) is 12.1 Å². The van der Waals surface area contributed by atoms with Crippen LogP contribution in [0.3, 0.4) is 0 Å². The minimum absolute atomic E-state index is 0.185. The molecule has 1 saturated heterocycles. The van der Waals surface area contributed by atoms with Gasteiger partial charge in [-0.1, -0.05) is 0 Å². The number of ether oxygens (including phenoxy) is 1. The highest BCUT2D eigenvalue weighted by molar-refractivity contribution is 5.91. The average molecular weight is 167 g/mol. The summed E-state index contributed by atoms with van der Waals surface area (Å²) in [5, 5.41) is 2.69. The van der Waals surface area contributed by atoms with Crippen molar-refractivity contribution in [1.29, 1.82) is 0 Å². The molecule has 1 aliphatic heterocycles. The van der Waals surface area contributed by atoms with E-state index < -0.39 is 0 Å². The van der Waals surface area contributed by atoms with Gasteiger partial charge in [0.25, 0.3) is 5.91 Å². The van der Waals surface area contributed by atoms with E-state index in [4.69, 9.17) is 9.15 Å². The van der Waals surface area contributed by atoms with Gasteiger partial charge in [-0.05, 0) is 12.1 Å². The molecule has 1 fully saturated rings. The van der Waals surface area contributed by atoms with Crippen LogP contribution >= 0.6 is 0 Å². The molecule has 1 aromatic rings. The van der Waals surface area contributed by atoms with Crippen LogP contribution in [0, 0.1) is 0 Å². The molecular formula is C8H9NO3. The molecule has 2 heterocycles. The van der Waals surface area contributed by atoms with Gasteiger partial charge >= 0.3 is 0 Å². The van der Waals surface area contributed by atoms with Crippen molar-refractivity contribution in [3.8, 4) is 0 Å². The van der Waals surface area contributed by atoms with Crippen LogP contribution in [-0.2, 0) is 4.74 Å². The summed E-state index contributed by atoms with van der Waals surface area (Å²) in [5.41, 5.74) is 0. The predicted octanol–water partition coefficient (Wildman–Crippen LogP) is 0.408. The molecule has 2 rings (SSSR count). The number of rotatable bonds is 3. The van der Waals surface area contributed by atoms with E-state index >= 15 is 0 Å². The van der Waals surface area contributed by atoms with Crippen molar-refractivity contribution in [3.05, 3.63) is 24.2 Å². The van der Waals surface area contributed by atoms with Gasteiger partial charge in [-0.15, -0.1) is 0 Å². The van der Waals surface area contributed by atoms with E-state index in [2.05, 4.69) is 5.32 Å². The molecule has 0 spiro atoms. The fourth-order valence-corrected chi connectivity index (χ4v) is 0.887. The van der Waals surface area contributed by atoms with Crippen LogP contribution in [0.25, 0.3) is 0 Å². The molecule has 12 heavy (non-hydrogen) atoms. The summed E-state index contributed by atoms with van der Waals surface area (Å²) in [6.07, 6.45) is 1.69. The van der Waals surface area contributed by atoms with Crippen molar-refractivity contribution in [2.24, 2.45) is 0 Å². The summed E-state index contributed by atoms with van der Waals surface area (Å²) in [5.74, 6) is 0.158. The number of nitrogens with one attached hydrogen (secondary N) is 1. The third kappa shape index (κ3) is 1.65. The molecule has 1 unspecified atom stereocenters. The number of hydrogen-bond donors (Lipinski definition) is 1. The number of epoxide rings is 1. The first-order valence-electron chi connectivity index (χ1n) is 3.79. The largest absolute Gasteiger partial charge is 0.459 e. The summed E-state index contributed by atoms with van der Waals surface area (Å²) >= 11 is 0. The molecule has 0 saturated carbocycles. The topological polar surface area (TPSA) is 54.8 Å². The Morgan fingerprint density at radius 3 is 3.17 bits per heavy atom. The Hall–Kier alpha value is -1.29. The second-order valence-electron chi connectivity index (χ2n) is 2.64. The van der Waals surface area contributed by atoms with Gasteiger partial charge in [0.05, 0.1) is 19.0 Å². The van der Waals surface area contributed by atoms with Crippen molar-refractivity contribution in [3.63, 3.8) is 0 Å². The normalized spacial score (nSPS) is 20.5. The van der Waals surface area contributed by atoms with Crippen LogP contribution in [0.2, 0.25) is 0 Å². The summed E-state index contributed by atoms with van der Waals surface area (Å²) in [6.45, 7) is 1.32. The van der Waals surface area contributed by atoms with Crippen LogP contribution in [0.15, 0.2) is 22.8 Å². The van der Waals surface area contributed by atoms with Crippen molar-refractivity contribution in [1.82, 2.24) is 5.32 Å². The fraction of sp³-hybridized carbons (Fsp3) is 0.375. The van der Waals surface area contributed by atoms with Gasteiger partial charge in [0.1, 0.15) is 0 Å². The molecule has 0 aromatic carbocycles. The average Bonchev–Trinajstić information content (AvgIpc) is 2.74. The van der Waals surface area contributed by atoms with Gasteiger partial charge < -0.3 is 14.5 Å². The van der Waals surface area contributed by atoms with E-state index in [0.29, 0.717) is 12.3 Å². The van der Waals surface area contributed by atoms with Crippen molar-refractivity contribution in [2.45, 2.75) is 6.10 Å². The van der Waals surface area contributed by atoms with E-state index in [0.717, 1.165) is 6.61 Å². The lowest BCUT2D eigenvalue weighted by Gasteiger charge is -1.98. The third-order valence-electron chi connectivity index (χ3n) is 1.64. The smallest absolute Gasteiger partial charge is 0.287 e. The van der Waals surface area contributed by atoms with E-state index in [1.807, 2.05) is 0 Å². The van der Waals surface area contributed by atoms with Crippen molar-refractivity contribution < 1.29 is 13.9 Å². The SMILES string of the molecule is O=C(NCC1CO1)c1ccco1. The Balaban J connectivity index is 1.83. The van der Waals surface area contributed by atoms with Gasteiger partial charge in [0.15, 0.2) is 5.76 Å². The molecule has 1 N–H and O–H groups in total. The Labute approximate surface area is 69.5 Å². The monoisotopic (exact) mass is 167 g/mol. The lowest BCUT2D eigenvalue weighted by atomic mass is 10.4. The molecule has 1 amide bonds. The zero-order chi connectivity index (χ0) is 8.39. The fourth-order valence-electron chi connectivity index (χ4n) is 0.887. The van der Waals surface area contributed by atoms with Crippen LogP contribution in [0.1, 0.15) is 10.6 Å². The molecule has 1 aromatic heterocycles. The van der Waals surface area contributed by atoms with Crippen LogP contribution < -0.4 is 5.32 Å². The number of amides is 1. The van der Waals surface area contributed by atoms with E-state index in [-0.39, 0.29) is 12.0 Å². The molecule has 0 radical (unpaired) electrons. The molecule has 64 valence electrons. The Bertz CT molecular complexity index is 264. The van der Waals surface area contributed by atoms with Gasteiger partial charge in [0, 0.05) is 6.54 Å². The summed E-state index contributed by atoms with van der Waals surface area (Å²) in [7, 11) is 0. The Kier molecular flexibility index (Phi) is 1.83. The molecule has 4 heteroatoms. The highest BCUT2D eigenvalue weighted by Crippen LogP contribution is 2.07. The first kappa shape index (κ1) is 7.36. The number of carbonyl (C=O) groups is 1. The zero-order valence-electron chi connectivity index (χ0n) is 6.45. The molecule has 1 aliphatic rings. The van der Waals surface area contributed by atoms with E-state index in [1.165, 1.54) is 6.26 Å².